The number of carbonyl (C=O) groups excluding carboxylic acids is 1. The van der Waals surface area contributed by atoms with E-state index in [0.29, 0.717) is 6.04 Å². The quantitative estimate of drug-likeness (QED) is 0.891. The van der Waals surface area contributed by atoms with Gasteiger partial charge in [0.05, 0.1) is 7.11 Å². The minimum atomic E-state index is 0.163. The molecule has 1 aliphatic rings. The highest BCUT2D eigenvalue weighted by Gasteiger charge is 2.21. The van der Waals surface area contributed by atoms with E-state index in [9.17, 15) is 4.79 Å². The molecule has 0 radical (unpaired) electrons. The molecule has 0 aliphatic carbocycles. The van der Waals surface area contributed by atoms with Gasteiger partial charge in [-0.25, -0.2) is 0 Å². The molecule has 98 valence electrons. The van der Waals surface area contributed by atoms with Crippen molar-refractivity contribution in [2.75, 3.05) is 25.5 Å². The Hall–Kier alpha value is -1.71. The lowest BCUT2D eigenvalue weighted by Crippen LogP contribution is -2.44. The van der Waals surface area contributed by atoms with E-state index in [2.05, 4.69) is 5.32 Å². The van der Waals surface area contributed by atoms with Crippen molar-refractivity contribution in [1.29, 1.82) is 0 Å². The van der Waals surface area contributed by atoms with Crippen molar-refractivity contribution in [3.05, 3.63) is 24.3 Å². The molecule has 1 atom stereocenters. The van der Waals surface area contributed by atoms with Gasteiger partial charge in [0.25, 0.3) is 0 Å². The van der Waals surface area contributed by atoms with Crippen molar-refractivity contribution < 1.29 is 9.53 Å². The Kier molecular flexibility index (Phi) is 4.07. The van der Waals surface area contributed by atoms with Gasteiger partial charge in [-0.3, -0.25) is 4.79 Å². The average molecular weight is 248 g/mol. The van der Waals surface area contributed by atoms with Crippen LogP contribution in [0.2, 0.25) is 0 Å². The first-order valence-corrected chi connectivity index (χ1v) is 6.35. The normalized spacial score (nSPS) is 19.4. The van der Waals surface area contributed by atoms with Gasteiger partial charge < -0.3 is 15.0 Å². The first-order valence-electron chi connectivity index (χ1n) is 6.35. The molecule has 18 heavy (non-hydrogen) atoms. The molecule has 1 aromatic carbocycles. The maximum absolute atomic E-state index is 11.4. The first kappa shape index (κ1) is 12.7. The number of amides is 1. The fraction of sp³-hybridized carbons (Fsp3) is 0.500. The smallest absolute Gasteiger partial charge is 0.219 e. The zero-order chi connectivity index (χ0) is 13.0. The molecule has 1 heterocycles. The molecule has 0 spiro atoms. The van der Waals surface area contributed by atoms with Gasteiger partial charge in [-0.15, -0.1) is 0 Å². The third kappa shape index (κ3) is 3.15. The number of ether oxygens (including phenoxy) is 1. The van der Waals surface area contributed by atoms with Gasteiger partial charge in [-0.05, 0) is 37.1 Å². The fourth-order valence-electron chi connectivity index (χ4n) is 2.30. The molecule has 0 bridgehead atoms. The lowest BCUT2D eigenvalue weighted by molar-refractivity contribution is -0.129. The number of hydrogen-bond donors (Lipinski definition) is 1. The lowest BCUT2D eigenvalue weighted by atomic mass is 10.1. The number of anilines is 1. The lowest BCUT2D eigenvalue weighted by Gasteiger charge is -2.33. The molecule has 1 N–H and O–H groups in total. The van der Waals surface area contributed by atoms with Crippen LogP contribution in [-0.2, 0) is 4.79 Å². The van der Waals surface area contributed by atoms with Crippen molar-refractivity contribution in [3.63, 3.8) is 0 Å². The number of benzene rings is 1. The molecule has 1 aromatic rings. The second kappa shape index (κ2) is 5.76. The molecule has 0 saturated carbocycles. The van der Waals surface area contributed by atoms with Crippen LogP contribution in [0, 0.1) is 0 Å². The zero-order valence-corrected chi connectivity index (χ0v) is 11.0. The van der Waals surface area contributed by atoms with Crippen LogP contribution in [0.4, 0.5) is 5.69 Å². The van der Waals surface area contributed by atoms with Crippen molar-refractivity contribution in [2.24, 2.45) is 0 Å². The van der Waals surface area contributed by atoms with Gasteiger partial charge in [0.15, 0.2) is 0 Å². The summed E-state index contributed by atoms with van der Waals surface area (Å²) in [6, 6.07) is 8.23. The van der Waals surface area contributed by atoms with E-state index in [1.165, 1.54) is 0 Å². The van der Waals surface area contributed by atoms with Gasteiger partial charge in [-0.1, -0.05) is 0 Å². The topological polar surface area (TPSA) is 41.6 Å². The monoisotopic (exact) mass is 248 g/mol. The number of likely N-dealkylation sites (tertiary alicyclic amines) is 1. The molecule has 1 aliphatic heterocycles. The van der Waals surface area contributed by atoms with Crippen LogP contribution >= 0.6 is 0 Å². The van der Waals surface area contributed by atoms with Crippen LogP contribution in [0.5, 0.6) is 5.75 Å². The average Bonchev–Trinajstić information content (AvgIpc) is 2.40. The standard InChI is InChI=1S/C14H20N2O2/c1-11(17)16-9-3-4-13(10-16)15-12-5-7-14(18-2)8-6-12/h5-8,13,15H,3-4,9-10H2,1-2H3/t13-/m0/s1. The van der Waals surface area contributed by atoms with Gasteiger partial charge in [0, 0.05) is 31.7 Å². The van der Waals surface area contributed by atoms with Gasteiger partial charge in [0.2, 0.25) is 5.91 Å². The van der Waals surface area contributed by atoms with Crippen molar-refractivity contribution in [2.45, 2.75) is 25.8 Å². The molecule has 1 amide bonds. The van der Waals surface area contributed by atoms with Crippen molar-refractivity contribution in [3.8, 4) is 5.75 Å². The van der Waals surface area contributed by atoms with E-state index < -0.39 is 0 Å². The molecule has 0 unspecified atom stereocenters. The minimum Gasteiger partial charge on any atom is -0.497 e. The van der Waals surface area contributed by atoms with E-state index in [1.807, 2.05) is 29.2 Å². The molecule has 0 aromatic heterocycles. The largest absolute Gasteiger partial charge is 0.497 e. The third-order valence-corrected chi connectivity index (χ3v) is 3.33. The SMILES string of the molecule is COc1ccc(N[C@H]2CCCN(C(C)=O)C2)cc1. The van der Waals surface area contributed by atoms with Crippen LogP contribution in [-0.4, -0.2) is 37.0 Å². The summed E-state index contributed by atoms with van der Waals surface area (Å²) >= 11 is 0. The predicted molar refractivity (Wildman–Crippen MR) is 71.9 cm³/mol. The maximum Gasteiger partial charge on any atom is 0.219 e. The number of carbonyl (C=O) groups is 1. The Bertz CT molecular complexity index is 403. The van der Waals surface area contributed by atoms with Crippen LogP contribution in [0.1, 0.15) is 19.8 Å². The van der Waals surface area contributed by atoms with Crippen molar-refractivity contribution in [1.82, 2.24) is 4.90 Å². The molecule has 1 saturated heterocycles. The maximum atomic E-state index is 11.4. The summed E-state index contributed by atoms with van der Waals surface area (Å²) in [5.41, 5.74) is 1.08. The second-order valence-electron chi connectivity index (χ2n) is 4.68. The highest BCUT2D eigenvalue weighted by Crippen LogP contribution is 2.19. The molecular weight excluding hydrogens is 228 g/mol. The number of hydrogen-bond acceptors (Lipinski definition) is 3. The zero-order valence-electron chi connectivity index (χ0n) is 11.0. The number of methoxy groups -OCH3 is 1. The Morgan fingerprint density at radius 2 is 2.11 bits per heavy atom. The summed E-state index contributed by atoms with van der Waals surface area (Å²) in [5.74, 6) is 1.02. The molecule has 2 rings (SSSR count). The van der Waals surface area contributed by atoms with E-state index in [1.54, 1.807) is 14.0 Å². The first-order chi connectivity index (χ1) is 8.69. The van der Waals surface area contributed by atoms with Gasteiger partial charge in [0.1, 0.15) is 5.75 Å². The summed E-state index contributed by atoms with van der Waals surface area (Å²) in [6.07, 6.45) is 2.17. The molecular formula is C14H20N2O2. The van der Waals surface area contributed by atoms with Crippen LogP contribution < -0.4 is 10.1 Å². The number of piperidine rings is 1. The van der Waals surface area contributed by atoms with E-state index >= 15 is 0 Å². The second-order valence-corrected chi connectivity index (χ2v) is 4.68. The fourth-order valence-corrected chi connectivity index (χ4v) is 2.30. The summed E-state index contributed by atoms with van der Waals surface area (Å²) in [7, 11) is 1.66. The van der Waals surface area contributed by atoms with E-state index in [-0.39, 0.29) is 5.91 Å². The minimum absolute atomic E-state index is 0.163. The number of nitrogens with one attached hydrogen (secondary N) is 1. The van der Waals surface area contributed by atoms with Crippen LogP contribution in [0.15, 0.2) is 24.3 Å². The van der Waals surface area contributed by atoms with E-state index in [0.717, 1.165) is 37.4 Å². The summed E-state index contributed by atoms with van der Waals surface area (Å²) in [5, 5.41) is 3.47. The highest BCUT2D eigenvalue weighted by molar-refractivity contribution is 5.73. The molecule has 4 heteroatoms. The third-order valence-electron chi connectivity index (χ3n) is 3.33. The summed E-state index contributed by atoms with van der Waals surface area (Å²) in [6.45, 7) is 3.31. The number of nitrogens with zero attached hydrogens (tertiary/aromatic N) is 1. The van der Waals surface area contributed by atoms with E-state index in [4.69, 9.17) is 4.74 Å². The van der Waals surface area contributed by atoms with Crippen LogP contribution in [0.25, 0.3) is 0 Å². The Morgan fingerprint density at radius 3 is 2.72 bits per heavy atom. The van der Waals surface area contributed by atoms with Crippen LogP contribution in [0.3, 0.4) is 0 Å². The number of rotatable bonds is 3. The van der Waals surface area contributed by atoms with Crippen molar-refractivity contribution >= 4 is 11.6 Å². The Morgan fingerprint density at radius 1 is 1.39 bits per heavy atom. The Balaban J connectivity index is 1.93. The van der Waals surface area contributed by atoms with Gasteiger partial charge >= 0.3 is 0 Å². The highest BCUT2D eigenvalue weighted by atomic mass is 16.5. The Labute approximate surface area is 108 Å². The molecule has 4 nitrogen and oxygen atoms in total. The van der Waals surface area contributed by atoms with Gasteiger partial charge in [-0.2, -0.15) is 0 Å². The summed E-state index contributed by atoms with van der Waals surface area (Å²) < 4.78 is 5.13. The summed E-state index contributed by atoms with van der Waals surface area (Å²) in [4.78, 5) is 13.3. The molecule has 1 fully saturated rings. The predicted octanol–water partition coefficient (Wildman–Crippen LogP) is 2.12.